The summed E-state index contributed by atoms with van der Waals surface area (Å²) in [6.07, 6.45) is 5.00. The van der Waals surface area contributed by atoms with Gasteiger partial charge in [0, 0.05) is 4.83 Å². The number of benzene rings is 2. The van der Waals surface area contributed by atoms with Crippen LogP contribution in [0.15, 0.2) is 54.6 Å². The molecule has 1 heteroatoms. The Balaban J connectivity index is 1.84. The van der Waals surface area contributed by atoms with Crippen LogP contribution in [-0.2, 0) is 12.8 Å². The van der Waals surface area contributed by atoms with Gasteiger partial charge in [0.2, 0.25) is 0 Å². The van der Waals surface area contributed by atoms with Crippen LogP contribution in [-0.4, -0.2) is 0 Å². The number of rotatable bonds is 2. The zero-order valence-electron chi connectivity index (χ0n) is 11.1. The van der Waals surface area contributed by atoms with Crippen molar-refractivity contribution in [3.63, 3.8) is 0 Å². The topological polar surface area (TPSA) is 0 Å². The summed E-state index contributed by atoms with van der Waals surface area (Å²) >= 11 is 3.96. The molecule has 0 N–H and O–H groups in total. The molecule has 2 unspecified atom stereocenters. The summed E-state index contributed by atoms with van der Waals surface area (Å²) < 4.78 is 0. The summed E-state index contributed by atoms with van der Waals surface area (Å²) in [4.78, 5) is 0.492. The maximum absolute atomic E-state index is 3.96. The molecule has 0 heterocycles. The lowest BCUT2D eigenvalue weighted by molar-refractivity contribution is 0.475. The summed E-state index contributed by atoms with van der Waals surface area (Å²) in [6, 6.07) is 19.8. The van der Waals surface area contributed by atoms with Crippen LogP contribution in [0.25, 0.3) is 0 Å². The minimum Gasteiger partial charge on any atom is -0.0836 e. The third-order valence-electron chi connectivity index (χ3n) is 4.13. The highest BCUT2D eigenvalue weighted by Gasteiger charge is 2.25. The van der Waals surface area contributed by atoms with Crippen LogP contribution in [0, 0.1) is 5.92 Å². The van der Waals surface area contributed by atoms with Gasteiger partial charge in [0.05, 0.1) is 0 Å². The Bertz CT molecular complexity index is 532. The van der Waals surface area contributed by atoms with Crippen LogP contribution in [0.4, 0.5) is 0 Å². The van der Waals surface area contributed by atoms with E-state index in [1.54, 1.807) is 0 Å². The highest BCUT2D eigenvalue weighted by Crippen LogP contribution is 2.40. The maximum Gasteiger partial charge on any atom is 0.0429 e. The van der Waals surface area contributed by atoms with Crippen molar-refractivity contribution >= 4 is 15.9 Å². The van der Waals surface area contributed by atoms with Crippen molar-refractivity contribution in [2.45, 2.75) is 30.5 Å². The van der Waals surface area contributed by atoms with Crippen LogP contribution in [0.2, 0.25) is 0 Å². The molecule has 2 aromatic rings. The van der Waals surface area contributed by atoms with Crippen molar-refractivity contribution in [3.8, 4) is 0 Å². The highest BCUT2D eigenvalue weighted by molar-refractivity contribution is 9.09. The fraction of sp³-hybridized carbons (Fsp3) is 0.333. The molecule has 0 fully saturated rings. The number of alkyl halides is 1. The van der Waals surface area contributed by atoms with Crippen molar-refractivity contribution in [2.75, 3.05) is 0 Å². The fourth-order valence-electron chi connectivity index (χ4n) is 3.11. The van der Waals surface area contributed by atoms with E-state index < -0.39 is 0 Å². The van der Waals surface area contributed by atoms with Gasteiger partial charge >= 0.3 is 0 Å². The third-order valence-corrected chi connectivity index (χ3v) is 5.37. The SMILES string of the molecule is BrC1c2ccccc2CCCC1Cc1ccccc1. The molecule has 0 aromatic heterocycles. The second kappa shape index (κ2) is 5.92. The van der Waals surface area contributed by atoms with Gasteiger partial charge in [-0.05, 0) is 48.3 Å². The molecule has 2 aromatic carbocycles. The van der Waals surface area contributed by atoms with Crippen LogP contribution >= 0.6 is 15.9 Å². The Labute approximate surface area is 124 Å². The smallest absolute Gasteiger partial charge is 0.0429 e. The fourth-order valence-corrected chi connectivity index (χ4v) is 4.01. The minimum atomic E-state index is 0.492. The summed E-state index contributed by atoms with van der Waals surface area (Å²) in [5, 5.41) is 0. The van der Waals surface area contributed by atoms with Gasteiger partial charge in [-0.15, -0.1) is 0 Å². The standard InChI is InChI=1S/C18H19Br/c19-18-16(13-14-7-2-1-3-8-14)11-6-10-15-9-4-5-12-17(15)18/h1-5,7-9,12,16,18H,6,10-11,13H2. The Kier molecular flexibility index (Phi) is 4.03. The Morgan fingerprint density at radius 2 is 1.68 bits per heavy atom. The van der Waals surface area contributed by atoms with E-state index in [-0.39, 0.29) is 0 Å². The van der Waals surface area contributed by atoms with E-state index in [4.69, 9.17) is 0 Å². The van der Waals surface area contributed by atoms with E-state index >= 15 is 0 Å². The Morgan fingerprint density at radius 3 is 2.53 bits per heavy atom. The number of aryl methyl sites for hydroxylation is 1. The lowest BCUT2D eigenvalue weighted by atomic mass is 9.90. The molecular weight excluding hydrogens is 296 g/mol. The number of hydrogen-bond acceptors (Lipinski definition) is 0. The zero-order chi connectivity index (χ0) is 13.1. The second-order valence-electron chi connectivity index (χ2n) is 5.44. The van der Waals surface area contributed by atoms with E-state index in [0.717, 1.165) is 0 Å². The van der Waals surface area contributed by atoms with Gasteiger partial charge in [0.15, 0.2) is 0 Å². The first-order chi connectivity index (χ1) is 9.34. The number of fused-ring (bicyclic) bond motifs is 1. The van der Waals surface area contributed by atoms with Gasteiger partial charge in [0.25, 0.3) is 0 Å². The lowest BCUT2D eigenvalue weighted by Gasteiger charge is -2.21. The molecule has 98 valence electrons. The van der Waals surface area contributed by atoms with Crippen molar-refractivity contribution in [2.24, 2.45) is 5.92 Å². The molecule has 0 nitrogen and oxygen atoms in total. The molecule has 2 atom stereocenters. The van der Waals surface area contributed by atoms with Crippen LogP contribution < -0.4 is 0 Å². The van der Waals surface area contributed by atoms with Gasteiger partial charge in [-0.25, -0.2) is 0 Å². The largest absolute Gasteiger partial charge is 0.0836 e. The van der Waals surface area contributed by atoms with Crippen molar-refractivity contribution in [3.05, 3.63) is 71.3 Å². The highest BCUT2D eigenvalue weighted by atomic mass is 79.9. The van der Waals surface area contributed by atoms with Crippen molar-refractivity contribution < 1.29 is 0 Å². The maximum atomic E-state index is 3.96. The van der Waals surface area contributed by atoms with E-state index in [9.17, 15) is 0 Å². The molecule has 0 saturated carbocycles. The molecule has 0 saturated heterocycles. The molecular formula is C18H19Br. The average Bonchev–Trinajstić information content (AvgIpc) is 2.61. The summed E-state index contributed by atoms with van der Waals surface area (Å²) in [5.41, 5.74) is 4.48. The van der Waals surface area contributed by atoms with E-state index in [1.165, 1.54) is 42.4 Å². The molecule has 1 aliphatic rings. The van der Waals surface area contributed by atoms with Gasteiger partial charge in [-0.1, -0.05) is 70.5 Å². The first-order valence-corrected chi connectivity index (χ1v) is 8.02. The van der Waals surface area contributed by atoms with E-state index in [1.807, 2.05) is 0 Å². The number of halogens is 1. The molecule has 3 rings (SSSR count). The second-order valence-corrected chi connectivity index (χ2v) is 6.43. The average molecular weight is 315 g/mol. The number of hydrogen-bond donors (Lipinski definition) is 0. The van der Waals surface area contributed by atoms with E-state index in [2.05, 4.69) is 70.5 Å². The molecule has 19 heavy (non-hydrogen) atoms. The molecule has 0 spiro atoms. The lowest BCUT2D eigenvalue weighted by Crippen LogP contribution is -2.10. The van der Waals surface area contributed by atoms with Gasteiger partial charge in [-0.3, -0.25) is 0 Å². The Hall–Kier alpha value is -1.08. The van der Waals surface area contributed by atoms with Crippen LogP contribution in [0.5, 0.6) is 0 Å². The monoisotopic (exact) mass is 314 g/mol. The first-order valence-electron chi connectivity index (χ1n) is 7.10. The Morgan fingerprint density at radius 1 is 0.947 bits per heavy atom. The van der Waals surface area contributed by atoms with Gasteiger partial charge < -0.3 is 0 Å². The van der Waals surface area contributed by atoms with Crippen molar-refractivity contribution in [1.29, 1.82) is 0 Å². The van der Waals surface area contributed by atoms with Gasteiger partial charge in [-0.2, -0.15) is 0 Å². The zero-order valence-corrected chi connectivity index (χ0v) is 12.6. The normalized spacial score (nSPS) is 22.6. The van der Waals surface area contributed by atoms with E-state index in [0.29, 0.717) is 10.7 Å². The summed E-state index contributed by atoms with van der Waals surface area (Å²) in [7, 11) is 0. The first kappa shape index (κ1) is 12.9. The predicted octanol–water partition coefficient (Wildman–Crippen LogP) is 5.32. The molecule has 0 amide bonds. The molecule has 0 aliphatic heterocycles. The van der Waals surface area contributed by atoms with Crippen molar-refractivity contribution in [1.82, 2.24) is 0 Å². The molecule has 0 bridgehead atoms. The van der Waals surface area contributed by atoms with Crippen LogP contribution in [0.1, 0.15) is 34.4 Å². The molecule has 1 aliphatic carbocycles. The quantitative estimate of drug-likeness (QED) is 0.520. The predicted molar refractivity (Wildman–Crippen MR) is 84.7 cm³/mol. The summed E-state index contributed by atoms with van der Waals surface area (Å²) in [6.45, 7) is 0. The third kappa shape index (κ3) is 2.92. The van der Waals surface area contributed by atoms with Crippen LogP contribution in [0.3, 0.4) is 0 Å². The van der Waals surface area contributed by atoms with Gasteiger partial charge in [0.1, 0.15) is 0 Å². The summed E-state index contributed by atoms with van der Waals surface area (Å²) in [5.74, 6) is 0.700. The minimum absolute atomic E-state index is 0.492. The molecule has 0 radical (unpaired) electrons.